The second-order valence-corrected chi connectivity index (χ2v) is 4.72. The Bertz CT molecular complexity index is 257. The molecule has 0 fully saturated rings. The molecule has 8 heteroatoms. The molecule has 0 aliphatic heterocycles. The average molecular weight is 294 g/mol. The molecule has 0 aromatic carbocycles. The first kappa shape index (κ1) is 18.5. The zero-order chi connectivity index (χ0) is 15.2. The summed E-state index contributed by atoms with van der Waals surface area (Å²) in [5.41, 5.74) is -1.00. The van der Waals surface area contributed by atoms with E-state index in [1.165, 1.54) is 6.92 Å². The average Bonchev–Trinajstić information content (AvgIpc) is 2.27. The molecule has 1 atom stereocenters. The van der Waals surface area contributed by atoms with Crippen molar-refractivity contribution in [2.24, 2.45) is 5.41 Å². The van der Waals surface area contributed by atoms with Crippen LogP contribution in [-0.2, 0) is 9.47 Å². The van der Waals surface area contributed by atoms with Crippen molar-refractivity contribution >= 4 is 0 Å². The third-order valence-electron chi connectivity index (χ3n) is 2.33. The first-order chi connectivity index (χ1) is 8.58. The van der Waals surface area contributed by atoms with Gasteiger partial charge >= 0.3 is 12.1 Å². The summed E-state index contributed by atoms with van der Waals surface area (Å²) in [5.74, 6) is -4.90. The molecule has 0 rings (SSSR count). The Morgan fingerprint density at radius 1 is 0.947 bits per heavy atom. The van der Waals surface area contributed by atoms with Gasteiger partial charge in [0.2, 0.25) is 0 Å². The summed E-state index contributed by atoms with van der Waals surface area (Å²) in [6, 6.07) is 0. The van der Waals surface area contributed by atoms with Crippen LogP contribution in [0.3, 0.4) is 0 Å². The molecule has 0 heterocycles. The number of alkyl halides is 5. The van der Waals surface area contributed by atoms with E-state index in [-0.39, 0.29) is 6.61 Å². The molecule has 19 heavy (non-hydrogen) atoms. The molecule has 116 valence electrons. The van der Waals surface area contributed by atoms with Gasteiger partial charge in [0.05, 0.1) is 19.8 Å². The van der Waals surface area contributed by atoms with Gasteiger partial charge in [-0.1, -0.05) is 13.8 Å². The van der Waals surface area contributed by atoms with E-state index < -0.39 is 37.3 Å². The van der Waals surface area contributed by atoms with E-state index in [9.17, 15) is 22.0 Å². The maximum Gasteiger partial charge on any atom is 0.455 e. The minimum atomic E-state index is -5.64. The molecular weight excluding hydrogens is 275 g/mol. The Labute approximate surface area is 108 Å². The van der Waals surface area contributed by atoms with E-state index in [0.29, 0.717) is 6.61 Å². The fraction of sp³-hybridized carbons (Fsp3) is 1.00. The van der Waals surface area contributed by atoms with Crippen LogP contribution in [0.1, 0.15) is 20.3 Å². The molecule has 1 unspecified atom stereocenters. The lowest BCUT2D eigenvalue weighted by Gasteiger charge is -2.28. The number of halogens is 5. The molecule has 0 spiro atoms. The highest BCUT2D eigenvalue weighted by Crippen LogP contribution is 2.35. The number of hydrogen-bond donors (Lipinski definition) is 1. The lowest BCUT2D eigenvalue weighted by molar-refractivity contribution is -0.298. The first-order valence-corrected chi connectivity index (χ1v) is 5.79. The minimum absolute atomic E-state index is 0.0227. The molecule has 0 saturated carbocycles. The fourth-order valence-corrected chi connectivity index (χ4v) is 1.10. The van der Waals surface area contributed by atoms with E-state index in [0.717, 1.165) is 6.42 Å². The predicted molar refractivity (Wildman–Crippen MR) is 58.1 cm³/mol. The lowest BCUT2D eigenvalue weighted by atomic mass is 9.94. The standard InChI is InChI=1S/C11H19F5O3/c1-3-4-18-6-9(2,5-17)7-19-8-10(12,13)11(14,15)16/h17H,3-8H2,1-2H3. The summed E-state index contributed by atoms with van der Waals surface area (Å²) in [6.45, 7) is 1.13. The summed E-state index contributed by atoms with van der Waals surface area (Å²) in [6.07, 6.45) is -4.91. The van der Waals surface area contributed by atoms with Gasteiger partial charge in [-0.2, -0.15) is 22.0 Å². The number of rotatable bonds is 9. The molecule has 0 saturated heterocycles. The summed E-state index contributed by atoms with van der Waals surface area (Å²) in [7, 11) is 0. The Morgan fingerprint density at radius 2 is 1.47 bits per heavy atom. The number of aliphatic hydroxyl groups excluding tert-OH is 1. The molecule has 0 radical (unpaired) electrons. The minimum Gasteiger partial charge on any atom is -0.396 e. The third kappa shape index (κ3) is 6.49. The van der Waals surface area contributed by atoms with Gasteiger partial charge in [-0.25, -0.2) is 0 Å². The van der Waals surface area contributed by atoms with E-state index >= 15 is 0 Å². The van der Waals surface area contributed by atoms with Crippen LogP contribution in [0.25, 0.3) is 0 Å². The Hall–Kier alpha value is -0.470. The van der Waals surface area contributed by atoms with Gasteiger partial charge in [0, 0.05) is 12.0 Å². The molecule has 0 aromatic heterocycles. The quantitative estimate of drug-likeness (QED) is 0.525. The Morgan fingerprint density at radius 3 is 1.89 bits per heavy atom. The van der Waals surface area contributed by atoms with Crippen molar-refractivity contribution in [2.75, 3.05) is 33.0 Å². The SMILES string of the molecule is CCCOCC(C)(CO)COCC(F)(F)C(F)(F)F. The lowest BCUT2D eigenvalue weighted by Crippen LogP contribution is -2.42. The molecule has 1 N–H and O–H groups in total. The van der Waals surface area contributed by atoms with Crippen molar-refractivity contribution in [3.8, 4) is 0 Å². The second kappa shape index (κ2) is 7.35. The summed E-state index contributed by atoms with van der Waals surface area (Å²) in [4.78, 5) is 0. The van der Waals surface area contributed by atoms with Gasteiger partial charge in [-0.3, -0.25) is 0 Å². The first-order valence-electron chi connectivity index (χ1n) is 5.79. The van der Waals surface area contributed by atoms with Gasteiger partial charge in [0.25, 0.3) is 0 Å². The van der Waals surface area contributed by atoms with Crippen LogP contribution in [0.2, 0.25) is 0 Å². The van der Waals surface area contributed by atoms with Gasteiger partial charge in [0.15, 0.2) is 0 Å². The fourth-order valence-electron chi connectivity index (χ4n) is 1.10. The maximum absolute atomic E-state index is 12.6. The van der Waals surface area contributed by atoms with Crippen LogP contribution in [0.15, 0.2) is 0 Å². The van der Waals surface area contributed by atoms with E-state index in [2.05, 4.69) is 4.74 Å². The normalized spacial score (nSPS) is 16.4. The smallest absolute Gasteiger partial charge is 0.396 e. The highest BCUT2D eigenvalue weighted by atomic mass is 19.4. The van der Waals surface area contributed by atoms with Crippen LogP contribution in [0.4, 0.5) is 22.0 Å². The highest BCUT2D eigenvalue weighted by molar-refractivity contribution is 4.77. The van der Waals surface area contributed by atoms with Crippen LogP contribution >= 0.6 is 0 Å². The van der Waals surface area contributed by atoms with Crippen molar-refractivity contribution in [3.63, 3.8) is 0 Å². The van der Waals surface area contributed by atoms with Crippen LogP contribution in [0, 0.1) is 5.41 Å². The van der Waals surface area contributed by atoms with Crippen molar-refractivity contribution in [1.29, 1.82) is 0 Å². The van der Waals surface area contributed by atoms with Crippen LogP contribution in [-0.4, -0.2) is 50.2 Å². The predicted octanol–water partition coefficient (Wildman–Crippen LogP) is 2.63. The molecule has 3 nitrogen and oxygen atoms in total. The highest BCUT2D eigenvalue weighted by Gasteiger charge is 2.57. The summed E-state index contributed by atoms with van der Waals surface area (Å²) in [5, 5.41) is 9.10. The maximum atomic E-state index is 12.6. The third-order valence-corrected chi connectivity index (χ3v) is 2.33. The Balaban J connectivity index is 4.21. The molecule has 0 aliphatic carbocycles. The van der Waals surface area contributed by atoms with Crippen molar-refractivity contribution in [3.05, 3.63) is 0 Å². The monoisotopic (exact) mass is 294 g/mol. The molecule has 0 amide bonds. The van der Waals surface area contributed by atoms with Gasteiger partial charge in [-0.05, 0) is 6.42 Å². The van der Waals surface area contributed by atoms with Crippen LogP contribution in [0.5, 0.6) is 0 Å². The van der Waals surface area contributed by atoms with Crippen molar-refractivity contribution in [1.82, 2.24) is 0 Å². The Kier molecular flexibility index (Phi) is 7.17. The van der Waals surface area contributed by atoms with Gasteiger partial charge in [-0.15, -0.1) is 0 Å². The molecule has 0 aliphatic rings. The molecular formula is C11H19F5O3. The molecule has 0 aromatic rings. The topological polar surface area (TPSA) is 38.7 Å². The van der Waals surface area contributed by atoms with E-state index in [4.69, 9.17) is 9.84 Å². The zero-order valence-electron chi connectivity index (χ0n) is 10.9. The number of aliphatic hydroxyl groups is 1. The zero-order valence-corrected chi connectivity index (χ0v) is 10.9. The van der Waals surface area contributed by atoms with Gasteiger partial charge in [0.1, 0.15) is 6.61 Å². The van der Waals surface area contributed by atoms with Gasteiger partial charge < -0.3 is 14.6 Å². The largest absolute Gasteiger partial charge is 0.455 e. The summed E-state index contributed by atoms with van der Waals surface area (Å²) < 4.78 is 70.3. The number of ether oxygens (including phenoxy) is 2. The second-order valence-electron chi connectivity index (χ2n) is 4.72. The summed E-state index contributed by atoms with van der Waals surface area (Å²) >= 11 is 0. The van der Waals surface area contributed by atoms with E-state index in [1.54, 1.807) is 0 Å². The molecule has 0 bridgehead atoms. The van der Waals surface area contributed by atoms with Crippen molar-refractivity contribution in [2.45, 2.75) is 32.4 Å². The van der Waals surface area contributed by atoms with E-state index in [1.807, 2.05) is 6.92 Å². The van der Waals surface area contributed by atoms with Crippen molar-refractivity contribution < 1.29 is 36.5 Å². The van der Waals surface area contributed by atoms with Crippen LogP contribution < -0.4 is 0 Å². The number of hydrogen-bond acceptors (Lipinski definition) is 3.